The lowest BCUT2D eigenvalue weighted by atomic mass is 10.3. The van der Waals surface area contributed by atoms with E-state index < -0.39 is 11.9 Å². The number of carboxylic acid groups (broad SMARTS) is 2. The second kappa shape index (κ2) is 6.60. The van der Waals surface area contributed by atoms with Crippen LogP contribution in [0.25, 0.3) is 10.6 Å². The average molecular weight is 312 g/mol. The lowest BCUT2D eigenvalue weighted by molar-refractivity contribution is -0.142. The van der Waals surface area contributed by atoms with Gasteiger partial charge in [0.05, 0.1) is 18.8 Å². The van der Waals surface area contributed by atoms with Crippen molar-refractivity contribution in [2.24, 2.45) is 0 Å². The molecule has 2 heterocycles. The highest BCUT2D eigenvalue weighted by atomic mass is 32.1. The van der Waals surface area contributed by atoms with E-state index in [2.05, 4.69) is 4.98 Å². The van der Waals surface area contributed by atoms with E-state index in [9.17, 15) is 9.59 Å². The van der Waals surface area contributed by atoms with Gasteiger partial charge in [-0.05, 0) is 11.4 Å². The first-order valence-corrected chi connectivity index (χ1v) is 7.50. The van der Waals surface area contributed by atoms with Crippen LogP contribution in [0.1, 0.15) is 5.69 Å². The van der Waals surface area contributed by atoms with Crippen LogP contribution >= 0.6 is 22.7 Å². The van der Waals surface area contributed by atoms with Crippen LogP contribution < -0.4 is 0 Å². The standard InChI is InChI=1S/C12H12N2O4S2/c15-10(16)4-14(5-11(17)18)3-9-7-20-12(13-9)8-1-2-19-6-8/h1-2,6-7H,3-5H2,(H,15,16)(H,17,18). The second-order valence-electron chi connectivity index (χ2n) is 4.09. The molecule has 2 aromatic heterocycles. The topological polar surface area (TPSA) is 90.7 Å². The zero-order valence-electron chi connectivity index (χ0n) is 10.4. The number of aliphatic carboxylic acids is 2. The van der Waals surface area contributed by atoms with Crippen molar-refractivity contribution in [2.75, 3.05) is 13.1 Å². The number of aromatic nitrogens is 1. The fourth-order valence-corrected chi connectivity index (χ4v) is 3.20. The molecule has 0 unspecified atom stereocenters. The van der Waals surface area contributed by atoms with Gasteiger partial charge in [-0.25, -0.2) is 4.98 Å². The highest BCUT2D eigenvalue weighted by molar-refractivity contribution is 7.14. The Morgan fingerprint density at radius 1 is 1.20 bits per heavy atom. The average Bonchev–Trinajstić information content (AvgIpc) is 2.95. The van der Waals surface area contributed by atoms with E-state index in [4.69, 9.17) is 10.2 Å². The Bertz CT molecular complexity index is 578. The lowest BCUT2D eigenvalue weighted by Crippen LogP contribution is -2.34. The minimum absolute atomic E-state index is 0.208. The summed E-state index contributed by atoms with van der Waals surface area (Å²) in [4.78, 5) is 27.2. The number of thiophene rings is 1. The van der Waals surface area contributed by atoms with Crippen molar-refractivity contribution in [3.05, 3.63) is 27.9 Å². The molecule has 20 heavy (non-hydrogen) atoms. The van der Waals surface area contributed by atoms with Crippen molar-refractivity contribution in [1.29, 1.82) is 0 Å². The predicted octanol–water partition coefficient (Wildman–Crippen LogP) is 1.84. The molecule has 0 atom stereocenters. The maximum atomic E-state index is 10.7. The second-order valence-corrected chi connectivity index (χ2v) is 5.73. The van der Waals surface area contributed by atoms with E-state index in [0.717, 1.165) is 10.6 Å². The van der Waals surface area contributed by atoms with Gasteiger partial charge in [-0.2, -0.15) is 11.3 Å². The highest BCUT2D eigenvalue weighted by Gasteiger charge is 2.15. The highest BCUT2D eigenvalue weighted by Crippen LogP contribution is 2.26. The molecule has 0 bridgehead atoms. The molecule has 2 N–H and O–H groups in total. The van der Waals surface area contributed by atoms with E-state index >= 15 is 0 Å². The van der Waals surface area contributed by atoms with Gasteiger partial charge in [0, 0.05) is 22.9 Å². The van der Waals surface area contributed by atoms with Crippen LogP contribution in [0, 0.1) is 0 Å². The molecule has 0 aliphatic rings. The summed E-state index contributed by atoms with van der Waals surface area (Å²) < 4.78 is 0. The van der Waals surface area contributed by atoms with Gasteiger partial charge in [0.25, 0.3) is 0 Å². The molecule has 0 fully saturated rings. The van der Waals surface area contributed by atoms with Crippen LogP contribution in [0.5, 0.6) is 0 Å². The molecule has 0 radical (unpaired) electrons. The molecule has 0 saturated heterocycles. The molecule has 0 aliphatic carbocycles. The monoisotopic (exact) mass is 312 g/mol. The first-order chi connectivity index (χ1) is 9.54. The Kier molecular flexibility index (Phi) is 4.83. The van der Waals surface area contributed by atoms with E-state index in [-0.39, 0.29) is 19.6 Å². The Morgan fingerprint density at radius 2 is 1.90 bits per heavy atom. The maximum absolute atomic E-state index is 10.7. The molecule has 6 nitrogen and oxygen atoms in total. The summed E-state index contributed by atoms with van der Waals surface area (Å²) in [6.07, 6.45) is 0. The fourth-order valence-electron chi connectivity index (χ4n) is 1.68. The maximum Gasteiger partial charge on any atom is 0.317 e. The van der Waals surface area contributed by atoms with Crippen LogP contribution in [-0.2, 0) is 16.1 Å². The van der Waals surface area contributed by atoms with Crippen molar-refractivity contribution >= 4 is 34.6 Å². The number of hydrogen-bond donors (Lipinski definition) is 2. The van der Waals surface area contributed by atoms with Gasteiger partial charge in [-0.15, -0.1) is 11.3 Å². The zero-order chi connectivity index (χ0) is 14.5. The van der Waals surface area contributed by atoms with Crippen LogP contribution in [0.2, 0.25) is 0 Å². The fraction of sp³-hybridized carbons (Fsp3) is 0.250. The Morgan fingerprint density at radius 3 is 2.45 bits per heavy atom. The van der Waals surface area contributed by atoms with Crippen LogP contribution in [0.15, 0.2) is 22.2 Å². The number of nitrogens with zero attached hydrogens (tertiary/aromatic N) is 2. The number of rotatable bonds is 7. The summed E-state index contributed by atoms with van der Waals surface area (Å²) in [6, 6.07) is 1.96. The summed E-state index contributed by atoms with van der Waals surface area (Å²) in [5, 5.41) is 24.2. The van der Waals surface area contributed by atoms with Gasteiger partial charge in [0.1, 0.15) is 5.01 Å². The molecule has 8 heteroatoms. The number of carbonyl (C=O) groups is 2. The minimum atomic E-state index is -1.06. The summed E-state index contributed by atoms with van der Waals surface area (Å²) in [7, 11) is 0. The van der Waals surface area contributed by atoms with Crippen molar-refractivity contribution in [3.63, 3.8) is 0 Å². The van der Waals surface area contributed by atoms with Gasteiger partial charge in [-0.1, -0.05) is 0 Å². The van der Waals surface area contributed by atoms with Crippen molar-refractivity contribution < 1.29 is 19.8 Å². The molecule has 0 aromatic carbocycles. The summed E-state index contributed by atoms with van der Waals surface area (Å²) >= 11 is 3.04. The first kappa shape index (κ1) is 14.6. The zero-order valence-corrected chi connectivity index (χ0v) is 12.0. The molecular weight excluding hydrogens is 300 g/mol. The Hall–Kier alpha value is -1.77. The molecule has 2 rings (SSSR count). The third-order valence-corrected chi connectivity index (χ3v) is 4.05. The summed E-state index contributed by atoms with van der Waals surface area (Å²) in [5.74, 6) is -2.11. The molecule has 2 aromatic rings. The van der Waals surface area contributed by atoms with Crippen LogP contribution in [0.4, 0.5) is 0 Å². The van der Waals surface area contributed by atoms with E-state index in [1.165, 1.54) is 16.2 Å². The van der Waals surface area contributed by atoms with Gasteiger partial charge >= 0.3 is 11.9 Å². The van der Waals surface area contributed by atoms with Gasteiger partial charge in [0.2, 0.25) is 0 Å². The number of thiazole rings is 1. The van der Waals surface area contributed by atoms with Gasteiger partial charge in [0.15, 0.2) is 0 Å². The molecule has 0 aliphatic heterocycles. The number of hydrogen-bond acceptors (Lipinski definition) is 6. The van der Waals surface area contributed by atoms with Crippen LogP contribution in [0.3, 0.4) is 0 Å². The molecule has 106 valence electrons. The van der Waals surface area contributed by atoms with Crippen molar-refractivity contribution in [1.82, 2.24) is 9.88 Å². The third kappa shape index (κ3) is 4.12. The smallest absolute Gasteiger partial charge is 0.317 e. The van der Waals surface area contributed by atoms with Crippen LogP contribution in [-0.4, -0.2) is 45.1 Å². The number of carboxylic acids is 2. The van der Waals surface area contributed by atoms with Crippen molar-refractivity contribution in [3.8, 4) is 10.6 Å². The lowest BCUT2D eigenvalue weighted by Gasteiger charge is -2.16. The third-order valence-electron chi connectivity index (χ3n) is 2.42. The molecular formula is C12H12N2O4S2. The van der Waals surface area contributed by atoms with E-state index in [1.807, 2.05) is 22.2 Å². The van der Waals surface area contributed by atoms with Crippen molar-refractivity contribution in [2.45, 2.75) is 6.54 Å². The Labute approximate surface area is 122 Å². The normalized spacial score (nSPS) is 10.8. The summed E-state index contributed by atoms with van der Waals surface area (Å²) in [5.41, 5.74) is 1.70. The quantitative estimate of drug-likeness (QED) is 0.810. The molecule has 0 spiro atoms. The van der Waals surface area contributed by atoms with E-state index in [1.54, 1.807) is 11.3 Å². The Balaban J connectivity index is 2.06. The minimum Gasteiger partial charge on any atom is -0.480 e. The molecule has 0 amide bonds. The SMILES string of the molecule is O=C(O)CN(CC(=O)O)Cc1csc(-c2ccsc2)n1. The largest absolute Gasteiger partial charge is 0.480 e. The predicted molar refractivity (Wildman–Crippen MR) is 76.0 cm³/mol. The van der Waals surface area contributed by atoms with Gasteiger partial charge in [-0.3, -0.25) is 14.5 Å². The first-order valence-electron chi connectivity index (χ1n) is 5.67. The molecule has 0 saturated carbocycles. The van der Waals surface area contributed by atoms with E-state index in [0.29, 0.717) is 5.69 Å². The summed E-state index contributed by atoms with van der Waals surface area (Å²) in [6.45, 7) is -0.436. The van der Waals surface area contributed by atoms with Gasteiger partial charge < -0.3 is 10.2 Å².